The van der Waals surface area contributed by atoms with Crippen molar-refractivity contribution in [3.05, 3.63) is 16.1 Å². The number of thiazole rings is 1. The zero-order chi connectivity index (χ0) is 11.5. The van der Waals surface area contributed by atoms with Crippen molar-refractivity contribution in [3.8, 4) is 0 Å². The molecule has 2 rings (SSSR count). The van der Waals surface area contributed by atoms with Crippen LogP contribution in [0.3, 0.4) is 0 Å². The number of hydrogen-bond donors (Lipinski definition) is 1. The van der Waals surface area contributed by atoms with E-state index in [1.54, 1.807) is 11.3 Å². The van der Waals surface area contributed by atoms with Gasteiger partial charge in [-0.2, -0.15) is 0 Å². The standard InChI is InChI=1S/C11H19N3OS/c1-8-4-14(5-9(2)15-8)6-10-7-16-11(3-12)13-10/h7-9H,3-6,12H2,1-2H3. The first-order valence-electron chi connectivity index (χ1n) is 5.68. The number of morpholine rings is 1. The van der Waals surface area contributed by atoms with Crippen LogP contribution in [-0.4, -0.2) is 35.2 Å². The van der Waals surface area contributed by atoms with E-state index in [0.29, 0.717) is 18.8 Å². The maximum absolute atomic E-state index is 5.70. The molecule has 1 fully saturated rings. The van der Waals surface area contributed by atoms with Crippen LogP contribution in [0.4, 0.5) is 0 Å². The first-order chi connectivity index (χ1) is 7.67. The minimum Gasteiger partial charge on any atom is -0.373 e. The summed E-state index contributed by atoms with van der Waals surface area (Å²) in [6.45, 7) is 7.67. The van der Waals surface area contributed by atoms with E-state index in [-0.39, 0.29) is 0 Å². The van der Waals surface area contributed by atoms with Gasteiger partial charge in [0.05, 0.1) is 17.9 Å². The highest BCUT2D eigenvalue weighted by Gasteiger charge is 2.22. The van der Waals surface area contributed by atoms with Gasteiger partial charge in [-0.25, -0.2) is 4.98 Å². The summed E-state index contributed by atoms with van der Waals surface area (Å²) >= 11 is 1.65. The minimum atomic E-state index is 0.316. The molecule has 0 radical (unpaired) electrons. The van der Waals surface area contributed by atoms with Crippen molar-refractivity contribution in [1.82, 2.24) is 9.88 Å². The molecule has 1 aromatic heterocycles. The topological polar surface area (TPSA) is 51.4 Å². The number of rotatable bonds is 3. The van der Waals surface area contributed by atoms with Gasteiger partial charge in [-0.05, 0) is 13.8 Å². The van der Waals surface area contributed by atoms with Crippen LogP contribution >= 0.6 is 11.3 Å². The molecule has 5 heteroatoms. The van der Waals surface area contributed by atoms with Gasteiger partial charge in [-0.3, -0.25) is 4.90 Å². The Morgan fingerprint density at radius 1 is 1.50 bits per heavy atom. The van der Waals surface area contributed by atoms with E-state index in [4.69, 9.17) is 10.5 Å². The molecule has 1 aromatic rings. The molecule has 1 saturated heterocycles. The summed E-state index contributed by atoms with van der Waals surface area (Å²) in [4.78, 5) is 6.88. The molecule has 0 saturated carbocycles. The van der Waals surface area contributed by atoms with E-state index in [9.17, 15) is 0 Å². The van der Waals surface area contributed by atoms with E-state index in [0.717, 1.165) is 30.3 Å². The summed E-state index contributed by atoms with van der Waals surface area (Å²) in [5.41, 5.74) is 6.69. The summed E-state index contributed by atoms with van der Waals surface area (Å²) < 4.78 is 5.70. The van der Waals surface area contributed by atoms with Gasteiger partial charge in [-0.15, -0.1) is 11.3 Å². The van der Waals surface area contributed by atoms with Gasteiger partial charge in [-0.1, -0.05) is 0 Å². The number of hydrogen-bond acceptors (Lipinski definition) is 5. The van der Waals surface area contributed by atoms with Crippen molar-refractivity contribution >= 4 is 11.3 Å². The molecule has 0 aliphatic carbocycles. The van der Waals surface area contributed by atoms with Crippen LogP contribution in [0.1, 0.15) is 24.5 Å². The van der Waals surface area contributed by atoms with E-state index < -0.39 is 0 Å². The van der Waals surface area contributed by atoms with Gasteiger partial charge in [0.25, 0.3) is 0 Å². The molecule has 0 amide bonds. The molecular weight excluding hydrogens is 222 g/mol. The largest absolute Gasteiger partial charge is 0.373 e. The Balaban J connectivity index is 1.93. The Bertz CT molecular complexity index is 332. The number of ether oxygens (including phenoxy) is 1. The fourth-order valence-corrected chi connectivity index (χ4v) is 2.82. The van der Waals surface area contributed by atoms with Crippen molar-refractivity contribution in [2.45, 2.75) is 39.1 Å². The smallest absolute Gasteiger partial charge is 0.106 e. The summed E-state index contributed by atoms with van der Waals surface area (Å²) in [5, 5.41) is 3.12. The predicted octanol–water partition coefficient (Wildman–Crippen LogP) is 1.21. The monoisotopic (exact) mass is 241 g/mol. The van der Waals surface area contributed by atoms with Gasteiger partial charge >= 0.3 is 0 Å². The van der Waals surface area contributed by atoms with Crippen molar-refractivity contribution in [3.63, 3.8) is 0 Å². The predicted molar refractivity (Wildman–Crippen MR) is 65.3 cm³/mol. The van der Waals surface area contributed by atoms with Crippen LogP contribution in [0.5, 0.6) is 0 Å². The Morgan fingerprint density at radius 2 is 2.19 bits per heavy atom. The van der Waals surface area contributed by atoms with E-state index in [1.165, 1.54) is 0 Å². The first kappa shape index (κ1) is 12.0. The maximum Gasteiger partial charge on any atom is 0.106 e. The van der Waals surface area contributed by atoms with Crippen molar-refractivity contribution < 1.29 is 4.74 Å². The van der Waals surface area contributed by atoms with Gasteiger partial charge < -0.3 is 10.5 Å². The lowest BCUT2D eigenvalue weighted by Gasteiger charge is -2.34. The third-order valence-corrected chi connectivity index (χ3v) is 3.57. The Labute approximate surface area is 100 Å². The lowest BCUT2D eigenvalue weighted by molar-refractivity contribution is -0.0707. The second-order valence-corrected chi connectivity index (χ2v) is 5.33. The maximum atomic E-state index is 5.70. The van der Waals surface area contributed by atoms with Crippen LogP contribution in [0.2, 0.25) is 0 Å². The van der Waals surface area contributed by atoms with Gasteiger partial charge in [0, 0.05) is 31.6 Å². The highest BCUT2D eigenvalue weighted by molar-refractivity contribution is 7.09. The highest BCUT2D eigenvalue weighted by Crippen LogP contribution is 2.15. The molecule has 1 aliphatic rings. The van der Waals surface area contributed by atoms with Gasteiger partial charge in [0.2, 0.25) is 0 Å². The lowest BCUT2D eigenvalue weighted by atomic mass is 10.2. The van der Waals surface area contributed by atoms with Gasteiger partial charge in [0.1, 0.15) is 5.01 Å². The molecule has 0 spiro atoms. The average Bonchev–Trinajstić information content (AvgIpc) is 2.64. The number of nitrogens with zero attached hydrogens (tertiary/aromatic N) is 2. The molecule has 2 atom stereocenters. The lowest BCUT2D eigenvalue weighted by Crippen LogP contribution is -2.44. The van der Waals surface area contributed by atoms with Crippen LogP contribution in [0, 0.1) is 0 Å². The Hall–Kier alpha value is -0.490. The van der Waals surface area contributed by atoms with Crippen LogP contribution in [0.25, 0.3) is 0 Å². The third kappa shape index (κ3) is 3.01. The molecule has 90 valence electrons. The van der Waals surface area contributed by atoms with Crippen molar-refractivity contribution in [2.75, 3.05) is 13.1 Å². The SMILES string of the molecule is CC1CN(Cc2csc(CN)n2)CC(C)O1. The zero-order valence-electron chi connectivity index (χ0n) is 9.85. The molecule has 0 aromatic carbocycles. The molecule has 2 heterocycles. The molecule has 16 heavy (non-hydrogen) atoms. The minimum absolute atomic E-state index is 0.316. The molecular formula is C11H19N3OS. The molecule has 2 unspecified atom stereocenters. The third-order valence-electron chi connectivity index (χ3n) is 2.65. The molecule has 2 N–H and O–H groups in total. The van der Waals surface area contributed by atoms with E-state index >= 15 is 0 Å². The van der Waals surface area contributed by atoms with Crippen molar-refractivity contribution in [1.29, 1.82) is 0 Å². The molecule has 1 aliphatic heterocycles. The molecule has 0 bridgehead atoms. The fraction of sp³-hybridized carbons (Fsp3) is 0.727. The van der Waals surface area contributed by atoms with E-state index in [2.05, 4.69) is 29.1 Å². The second kappa shape index (κ2) is 5.23. The zero-order valence-corrected chi connectivity index (χ0v) is 10.7. The quantitative estimate of drug-likeness (QED) is 0.864. The Kier molecular flexibility index (Phi) is 3.91. The summed E-state index contributed by atoms with van der Waals surface area (Å²) in [5.74, 6) is 0. The van der Waals surface area contributed by atoms with Crippen molar-refractivity contribution in [2.24, 2.45) is 5.73 Å². The van der Waals surface area contributed by atoms with Crippen LogP contribution in [-0.2, 0) is 17.8 Å². The fourth-order valence-electron chi connectivity index (χ4n) is 2.16. The summed E-state index contributed by atoms with van der Waals surface area (Å²) in [7, 11) is 0. The molecule has 4 nitrogen and oxygen atoms in total. The number of nitrogens with two attached hydrogens (primary N) is 1. The van der Waals surface area contributed by atoms with Gasteiger partial charge in [0.15, 0.2) is 0 Å². The number of aromatic nitrogens is 1. The highest BCUT2D eigenvalue weighted by atomic mass is 32.1. The normalized spacial score (nSPS) is 27.2. The average molecular weight is 241 g/mol. The summed E-state index contributed by atoms with van der Waals surface area (Å²) in [6.07, 6.45) is 0.632. The van der Waals surface area contributed by atoms with Crippen LogP contribution < -0.4 is 5.73 Å². The Morgan fingerprint density at radius 3 is 2.75 bits per heavy atom. The van der Waals surface area contributed by atoms with E-state index in [1.807, 2.05) is 0 Å². The second-order valence-electron chi connectivity index (χ2n) is 4.39. The summed E-state index contributed by atoms with van der Waals surface area (Å²) in [6, 6.07) is 0. The first-order valence-corrected chi connectivity index (χ1v) is 6.56. The van der Waals surface area contributed by atoms with Crippen LogP contribution in [0.15, 0.2) is 5.38 Å².